The van der Waals surface area contributed by atoms with Crippen LogP contribution in [0, 0.1) is 0 Å². The van der Waals surface area contributed by atoms with Gasteiger partial charge < -0.3 is 8.92 Å². The lowest BCUT2D eigenvalue weighted by Gasteiger charge is -2.34. The number of nitrogens with zero attached hydrogens (tertiary/aromatic N) is 2. The molecule has 1 heterocycles. The minimum atomic E-state index is -4.33. The molecule has 218 valence electrons. The molecule has 1 fully saturated rings. The monoisotopic (exact) mass is 636 g/mol. The second-order valence-corrected chi connectivity index (χ2v) is 11.4. The van der Waals surface area contributed by atoms with Crippen molar-refractivity contribution in [1.29, 1.82) is 0 Å². The van der Waals surface area contributed by atoms with E-state index in [1.165, 1.54) is 42.5 Å². The van der Waals surface area contributed by atoms with Gasteiger partial charge in [-0.05, 0) is 79.2 Å². The summed E-state index contributed by atoms with van der Waals surface area (Å²) >= 11 is 12.4. The number of amides is 4. The third-order valence-corrected chi connectivity index (χ3v) is 7.98. The predicted molar refractivity (Wildman–Crippen MR) is 163 cm³/mol. The summed E-state index contributed by atoms with van der Waals surface area (Å²) in [5.74, 6) is -2.04. The van der Waals surface area contributed by atoms with E-state index in [4.69, 9.17) is 32.1 Å². The number of benzene rings is 4. The first-order valence-electron chi connectivity index (χ1n) is 12.8. The Balaban J connectivity index is 1.59. The van der Waals surface area contributed by atoms with Gasteiger partial charge in [0.15, 0.2) is 5.75 Å². The molecule has 9 nitrogen and oxygen atoms in total. The van der Waals surface area contributed by atoms with E-state index < -0.39 is 28.0 Å². The number of rotatable bonds is 8. The fourth-order valence-electron chi connectivity index (χ4n) is 4.28. The first kappa shape index (κ1) is 29.8. The van der Waals surface area contributed by atoms with Crippen LogP contribution in [0.15, 0.2) is 108 Å². The summed E-state index contributed by atoms with van der Waals surface area (Å²) in [5, 5.41) is 0.177. The van der Waals surface area contributed by atoms with Crippen molar-refractivity contribution < 1.29 is 31.7 Å². The molecule has 0 atom stereocenters. The van der Waals surface area contributed by atoms with Crippen LogP contribution in [0.3, 0.4) is 0 Å². The second-order valence-electron chi connectivity index (χ2n) is 9.05. The van der Waals surface area contributed by atoms with E-state index in [2.05, 4.69) is 0 Å². The van der Waals surface area contributed by atoms with Crippen LogP contribution in [0.25, 0.3) is 6.08 Å². The lowest BCUT2D eigenvalue weighted by atomic mass is 10.0. The molecule has 0 unspecified atom stereocenters. The summed E-state index contributed by atoms with van der Waals surface area (Å²) in [7, 11) is -4.33. The summed E-state index contributed by atoms with van der Waals surface area (Å²) < 4.78 is 36.9. The van der Waals surface area contributed by atoms with Gasteiger partial charge in [-0.15, -0.1) is 0 Å². The fourth-order valence-corrected chi connectivity index (χ4v) is 5.67. The van der Waals surface area contributed by atoms with Crippen LogP contribution in [0.2, 0.25) is 10.0 Å². The largest absolute Gasteiger partial charge is 0.490 e. The van der Waals surface area contributed by atoms with Gasteiger partial charge in [0.1, 0.15) is 10.5 Å². The smallest absolute Gasteiger partial charge is 0.343 e. The van der Waals surface area contributed by atoms with E-state index in [0.29, 0.717) is 5.02 Å². The number of urea groups is 1. The highest BCUT2D eigenvalue weighted by atomic mass is 35.5. The van der Waals surface area contributed by atoms with Crippen molar-refractivity contribution in [3.8, 4) is 11.5 Å². The van der Waals surface area contributed by atoms with Crippen molar-refractivity contribution in [3.63, 3.8) is 0 Å². The highest BCUT2D eigenvalue weighted by molar-refractivity contribution is 7.87. The molecule has 4 aromatic rings. The van der Waals surface area contributed by atoms with Gasteiger partial charge in [0.05, 0.1) is 23.0 Å². The van der Waals surface area contributed by atoms with Gasteiger partial charge in [-0.1, -0.05) is 59.6 Å². The van der Waals surface area contributed by atoms with E-state index in [-0.39, 0.29) is 50.5 Å². The molecular formula is C31H22Cl2N2O7S. The normalized spacial score (nSPS) is 13.7. The molecule has 43 heavy (non-hydrogen) atoms. The Hall–Kier alpha value is -4.64. The Morgan fingerprint density at radius 3 is 1.81 bits per heavy atom. The molecule has 0 N–H and O–H groups in total. The molecule has 1 aliphatic heterocycles. The average Bonchev–Trinajstić information content (AvgIpc) is 2.98. The summed E-state index contributed by atoms with van der Waals surface area (Å²) in [5.41, 5.74) is 0.409. The van der Waals surface area contributed by atoms with E-state index in [9.17, 15) is 22.8 Å². The molecule has 0 radical (unpaired) electrons. The van der Waals surface area contributed by atoms with Crippen LogP contribution in [0.4, 0.5) is 16.2 Å². The molecule has 0 aromatic heterocycles. The molecule has 5 rings (SSSR count). The van der Waals surface area contributed by atoms with Crippen LogP contribution in [0.5, 0.6) is 11.5 Å². The van der Waals surface area contributed by atoms with Crippen LogP contribution < -0.4 is 18.7 Å². The molecule has 0 bridgehead atoms. The molecule has 4 aromatic carbocycles. The number of hydrogen-bond donors (Lipinski definition) is 0. The number of imide groups is 2. The number of ether oxygens (including phenoxy) is 1. The first-order valence-corrected chi connectivity index (χ1v) is 15.0. The average molecular weight is 637 g/mol. The van der Waals surface area contributed by atoms with Crippen molar-refractivity contribution in [2.24, 2.45) is 0 Å². The molecule has 0 spiro atoms. The Bertz CT molecular complexity index is 1780. The zero-order valence-corrected chi connectivity index (χ0v) is 24.8. The van der Waals surface area contributed by atoms with Crippen molar-refractivity contribution >= 4 is 68.6 Å². The molecule has 1 aliphatic rings. The van der Waals surface area contributed by atoms with E-state index in [1.54, 1.807) is 67.6 Å². The Kier molecular flexibility index (Phi) is 8.54. The maximum atomic E-state index is 13.7. The summed E-state index contributed by atoms with van der Waals surface area (Å²) in [6.45, 7) is 1.79. The number of barbiturate groups is 1. The van der Waals surface area contributed by atoms with Gasteiger partial charge in [-0.3, -0.25) is 9.59 Å². The maximum Gasteiger partial charge on any atom is 0.343 e. The third kappa shape index (κ3) is 6.12. The van der Waals surface area contributed by atoms with Gasteiger partial charge in [0.25, 0.3) is 11.8 Å². The predicted octanol–water partition coefficient (Wildman–Crippen LogP) is 6.74. The van der Waals surface area contributed by atoms with Crippen molar-refractivity contribution in [2.75, 3.05) is 16.4 Å². The Labute approximate surface area is 257 Å². The molecule has 1 saturated heterocycles. The summed E-state index contributed by atoms with van der Waals surface area (Å²) in [4.78, 5) is 42.5. The molecule has 0 saturated carbocycles. The lowest BCUT2D eigenvalue weighted by Crippen LogP contribution is -2.57. The SMILES string of the molecule is CCOc1cc(C=C2C(=O)N(c3ccccc3)C(=O)N(c3ccccc3)C2=O)cc(Cl)c1OS(=O)(=O)c1ccc(Cl)cc1. The van der Waals surface area contributed by atoms with Crippen LogP contribution >= 0.6 is 23.2 Å². The minimum Gasteiger partial charge on any atom is -0.490 e. The van der Waals surface area contributed by atoms with Gasteiger partial charge in [0, 0.05) is 5.02 Å². The number of hydrogen-bond acceptors (Lipinski definition) is 7. The lowest BCUT2D eigenvalue weighted by molar-refractivity contribution is -0.121. The van der Waals surface area contributed by atoms with Crippen LogP contribution in [-0.4, -0.2) is 32.9 Å². The molecule has 0 aliphatic carbocycles. The molecule has 4 amide bonds. The van der Waals surface area contributed by atoms with Crippen LogP contribution in [-0.2, 0) is 19.7 Å². The first-order chi connectivity index (χ1) is 20.6. The zero-order valence-electron chi connectivity index (χ0n) is 22.4. The van der Waals surface area contributed by atoms with Gasteiger partial charge >= 0.3 is 16.1 Å². The zero-order chi connectivity index (χ0) is 30.7. The Morgan fingerprint density at radius 1 is 0.767 bits per heavy atom. The van der Waals surface area contributed by atoms with E-state index in [0.717, 1.165) is 9.80 Å². The molecular weight excluding hydrogens is 615 g/mol. The number of para-hydroxylation sites is 2. The van der Waals surface area contributed by atoms with E-state index in [1.807, 2.05) is 0 Å². The number of carbonyl (C=O) groups excluding carboxylic acids is 3. The second kappa shape index (κ2) is 12.3. The quantitative estimate of drug-likeness (QED) is 0.120. The standard InChI is InChI=1S/C31H22Cl2N2O7S/c1-2-41-27-19-20(18-26(33)28(27)42-43(39,40)24-15-13-21(32)14-16-24)17-25-29(36)34(22-9-5-3-6-10-22)31(38)35(30(25)37)23-11-7-4-8-12-23/h3-19H,2H2,1H3. The van der Waals surface area contributed by atoms with Gasteiger partial charge in [-0.2, -0.15) is 8.42 Å². The number of halogens is 2. The third-order valence-electron chi connectivity index (χ3n) is 6.22. The Morgan fingerprint density at radius 2 is 1.30 bits per heavy atom. The van der Waals surface area contributed by atoms with Crippen molar-refractivity contribution in [1.82, 2.24) is 0 Å². The van der Waals surface area contributed by atoms with E-state index >= 15 is 0 Å². The minimum absolute atomic E-state index is 0.0500. The number of carbonyl (C=O) groups is 3. The molecule has 12 heteroatoms. The van der Waals surface area contributed by atoms with Crippen molar-refractivity contribution in [3.05, 3.63) is 118 Å². The highest BCUT2D eigenvalue weighted by Gasteiger charge is 2.43. The van der Waals surface area contributed by atoms with Gasteiger partial charge in [0.2, 0.25) is 5.75 Å². The van der Waals surface area contributed by atoms with Crippen LogP contribution in [0.1, 0.15) is 12.5 Å². The van der Waals surface area contributed by atoms with Gasteiger partial charge in [-0.25, -0.2) is 14.6 Å². The van der Waals surface area contributed by atoms with Crippen molar-refractivity contribution in [2.45, 2.75) is 11.8 Å². The summed E-state index contributed by atoms with van der Waals surface area (Å²) in [6.07, 6.45) is 1.26. The maximum absolute atomic E-state index is 13.7. The number of anilines is 2. The fraction of sp³-hybridized carbons (Fsp3) is 0.0645. The summed E-state index contributed by atoms with van der Waals surface area (Å²) in [6, 6.07) is 23.6. The highest BCUT2D eigenvalue weighted by Crippen LogP contribution is 2.40. The topological polar surface area (TPSA) is 110 Å².